The van der Waals surface area contributed by atoms with Crippen LogP contribution in [0.25, 0.3) is 0 Å². The SMILES string of the molecule is C=CC(/C(=C/CC)CC)=C(/C=C(C)C)Nc1cc(OC)cc(C(F)(F)F)c1.CC. The van der Waals surface area contributed by atoms with Crippen LogP contribution in [0.4, 0.5) is 18.9 Å². The zero-order valence-electron chi connectivity index (χ0n) is 18.6. The first-order valence-corrected chi connectivity index (χ1v) is 9.90. The second-order valence-electron chi connectivity index (χ2n) is 6.32. The van der Waals surface area contributed by atoms with Crippen molar-refractivity contribution in [2.24, 2.45) is 0 Å². The van der Waals surface area contributed by atoms with E-state index in [0.717, 1.165) is 41.7 Å². The van der Waals surface area contributed by atoms with Crippen LogP contribution in [0.3, 0.4) is 0 Å². The van der Waals surface area contributed by atoms with Crippen molar-refractivity contribution >= 4 is 5.69 Å². The van der Waals surface area contributed by atoms with Gasteiger partial charge in [0.25, 0.3) is 0 Å². The lowest BCUT2D eigenvalue weighted by Crippen LogP contribution is -2.08. The standard InChI is InChI=1S/C22H28F3NO.C2H6/c1-7-10-16(8-2)20(9-3)21(11-15(4)5)26-18-12-17(22(23,24)25)13-19(14-18)27-6;1-2/h9-14,26H,3,7-8H2,1-2,4-6H3;1-2H3/b16-10+,21-20+;. The molecule has 0 unspecified atom stereocenters. The van der Waals surface area contributed by atoms with Gasteiger partial charge in [-0.1, -0.05) is 52.0 Å². The lowest BCUT2D eigenvalue weighted by molar-refractivity contribution is -0.137. The van der Waals surface area contributed by atoms with Crippen molar-refractivity contribution in [3.8, 4) is 5.75 Å². The molecule has 0 aliphatic rings. The lowest BCUT2D eigenvalue weighted by Gasteiger charge is -2.17. The van der Waals surface area contributed by atoms with E-state index in [1.165, 1.54) is 7.11 Å². The molecule has 0 amide bonds. The summed E-state index contributed by atoms with van der Waals surface area (Å²) in [6, 6.07) is 3.61. The highest BCUT2D eigenvalue weighted by atomic mass is 19.4. The first kappa shape index (κ1) is 26.6. The molecule has 0 heterocycles. The van der Waals surface area contributed by atoms with E-state index in [-0.39, 0.29) is 5.75 Å². The minimum atomic E-state index is -4.46. The van der Waals surface area contributed by atoms with Gasteiger partial charge in [-0.15, -0.1) is 0 Å². The summed E-state index contributed by atoms with van der Waals surface area (Å²) in [5.74, 6) is 0.142. The van der Waals surface area contributed by atoms with Crippen LogP contribution in [0.15, 0.2) is 65.4 Å². The number of anilines is 1. The third-order valence-electron chi connectivity index (χ3n) is 3.85. The topological polar surface area (TPSA) is 21.3 Å². The largest absolute Gasteiger partial charge is 0.497 e. The molecule has 29 heavy (non-hydrogen) atoms. The average Bonchev–Trinajstić information content (AvgIpc) is 2.67. The Morgan fingerprint density at radius 1 is 1.14 bits per heavy atom. The molecule has 0 saturated heterocycles. The van der Waals surface area contributed by atoms with Gasteiger partial charge in [-0.3, -0.25) is 0 Å². The second-order valence-corrected chi connectivity index (χ2v) is 6.32. The molecule has 1 aromatic carbocycles. The van der Waals surface area contributed by atoms with Gasteiger partial charge < -0.3 is 10.1 Å². The fourth-order valence-corrected chi connectivity index (χ4v) is 2.68. The quantitative estimate of drug-likeness (QED) is 0.436. The molecule has 0 aliphatic heterocycles. The van der Waals surface area contributed by atoms with E-state index in [9.17, 15) is 13.2 Å². The van der Waals surface area contributed by atoms with Crippen molar-refractivity contribution in [2.45, 2.75) is 60.6 Å². The number of rotatable bonds is 8. The van der Waals surface area contributed by atoms with E-state index in [0.29, 0.717) is 11.4 Å². The molecule has 162 valence electrons. The molecule has 1 N–H and O–H groups in total. The Bertz CT molecular complexity index is 752. The number of benzene rings is 1. The number of methoxy groups -OCH3 is 1. The number of alkyl halides is 3. The Labute approximate surface area is 173 Å². The number of halogens is 3. The Morgan fingerprint density at radius 3 is 2.17 bits per heavy atom. The smallest absolute Gasteiger partial charge is 0.416 e. The van der Waals surface area contributed by atoms with Crippen LogP contribution >= 0.6 is 0 Å². The molecule has 1 rings (SSSR count). The molecule has 0 radical (unpaired) electrons. The maximum Gasteiger partial charge on any atom is 0.416 e. The molecular formula is C24H34F3NO. The predicted molar refractivity (Wildman–Crippen MR) is 118 cm³/mol. The Balaban J connectivity index is 0.00000379. The van der Waals surface area contributed by atoms with Gasteiger partial charge in [-0.2, -0.15) is 13.2 Å². The summed E-state index contributed by atoms with van der Waals surface area (Å²) in [6.45, 7) is 15.9. The fraction of sp³-hybridized carbons (Fsp3) is 0.417. The Kier molecular flexibility index (Phi) is 11.8. The summed E-state index contributed by atoms with van der Waals surface area (Å²) in [4.78, 5) is 0. The maximum atomic E-state index is 13.2. The van der Waals surface area contributed by atoms with Gasteiger partial charge in [0, 0.05) is 23.0 Å². The van der Waals surface area contributed by atoms with Crippen molar-refractivity contribution in [3.05, 3.63) is 71.0 Å². The van der Waals surface area contributed by atoms with Crippen molar-refractivity contribution < 1.29 is 17.9 Å². The number of hydrogen-bond acceptors (Lipinski definition) is 2. The van der Waals surface area contributed by atoms with E-state index in [4.69, 9.17) is 4.74 Å². The van der Waals surface area contributed by atoms with E-state index in [1.807, 2.05) is 47.6 Å². The summed E-state index contributed by atoms with van der Waals surface area (Å²) in [5.41, 5.74) is 3.22. The predicted octanol–water partition coefficient (Wildman–Crippen LogP) is 8.30. The van der Waals surface area contributed by atoms with Gasteiger partial charge in [0.2, 0.25) is 0 Å². The van der Waals surface area contributed by atoms with Crippen LogP contribution in [0, 0.1) is 0 Å². The van der Waals surface area contributed by atoms with Gasteiger partial charge in [-0.25, -0.2) is 0 Å². The van der Waals surface area contributed by atoms with E-state index < -0.39 is 11.7 Å². The summed E-state index contributed by atoms with van der Waals surface area (Å²) in [6.07, 6.45) is 2.94. The number of ether oxygens (including phenoxy) is 1. The molecule has 2 nitrogen and oxygen atoms in total. The molecule has 0 spiro atoms. The highest BCUT2D eigenvalue weighted by Crippen LogP contribution is 2.35. The van der Waals surface area contributed by atoms with Crippen LogP contribution in [0.5, 0.6) is 5.75 Å². The zero-order valence-corrected chi connectivity index (χ0v) is 18.6. The van der Waals surface area contributed by atoms with Crippen LogP contribution < -0.4 is 10.1 Å². The van der Waals surface area contributed by atoms with E-state index in [2.05, 4.69) is 18.0 Å². The third kappa shape index (κ3) is 8.63. The van der Waals surface area contributed by atoms with Crippen LogP contribution in [0.1, 0.15) is 59.9 Å². The van der Waals surface area contributed by atoms with Gasteiger partial charge in [-0.05, 0) is 50.5 Å². The molecule has 0 bridgehead atoms. The van der Waals surface area contributed by atoms with Crippen LogP contribution in [-0.2, 0) is 6.18 Å². The molecule has 1 aromatic rings. The summed E-state index contributed by atoms with van der Waals surface area (Å²) in [7, 11) is 1.35. The Hall–Kier alpha value is -2.43. The lowest BCUT2D eigenvalue weighted by atomic mass is 9.99. The molecule has 0 saturated carbocycles. The monoisotopic (exact) mass is 409 g/mol. The van der Waals surface area contributed by atoms with Gasteiger partial charge in [0.15, 0.2) is 0 Å². The average molecular weight is 410 g/mol. The van der Waals surface area contributed by atoms with Crippen molar-refractivity contribution in [1.82, 2.24) is 0 Å². The normalized spacial score (nSPS) is 12.3. The summed E-state index contributed by atoms with van der Waals surface area (Å²) >= 11 is 0. The summed E-state index contributed by atoms with van der Waals surface area (Å²) in [5, 5.41) is 3.13. The maximum absolute atomic E-state index is 13.2. The molecular weight excluding hydrogens is 375 g/mol. The van der Waals surface area contributed by atoms with E-state index >= 15 is 0 Å². The first-order valence-electron chi connectivity index (χ1n) is 9.90. The van der Waals surface area contributed by atoms with Gasteiger partial charge in [0.05, 0.1) is 12.7 Å². The van der Waals surface area contributed by atoms with Crippen molar-refractivity contribution in [3.63, 3.8) is 0 Å². The van der Waals surface area contributed by atoms with E-state index in [1.54, 1.807) is 12.1 Å². The minimum absolute atomic E-state index is 0.142. The minimum Gasteiger partial charge on any atom is -0.497 e. The molecule has 5 heteroatoms. The highest BCUT2D eigenvalue weighted by molar-refractivity contribution is 5.61. The highest BCUT2D eigenvalue weighted by Gasteiger charge is 2.31. The molecule has 0 atom stereocenters. The molecule has 0 aliphatic carbocycles. The van der Waals surface area contributed by atoms with Crippen molar-refractivity contribution in [2.75, 3.05) is 12.4 Å². The summed E-state index contributed by atoms with van der Waals surface area (Å²) < 4.78 is 44.7. The fourth-order valence-electron chi connectivity index (χ4n) is 2.68. The number of allylic oxidation sites excluding steroid dienone is 6. The van der Waals surface area contributed by atoms with Crippen molar-refractivity contribution in [1.29, 1.82) is 0 Å². The zero-order chi connectivity index (χ0) is 22.6. The third-order valence-corrected chi connectivity index (χ3v) is 3.85. The van der Waals surface area contributed by atoms with Crippen LogP contribution in [0.2, 0.25) is 0 Å². The number of hydrogen-bond donors (Lipinski definition) is 1. The molecule has 0 fully saturated rings. The molecule has 0 aromatic heterocycles. The first-order chi connectivity index (χ1) is 13.7. The van der Waals surface area contributed by atoms with Crippen LogP contribution in [-0.4, -0.2) is 7.11 Å². The van der Waals surface area contributed by atoms with Gasteiger partial charge in [0.1, 0.15) is 5.75 Å². The number of nitrogens with one attached hydrogen (secondary N) is 1. The Morgan fingerprint density at radius 2 is 1.76 bits per heavy atom. The second kappa shape index (κ2) is 12.9. The van der Waals surface area contributed by atoms with Gasteiger partial charge >= 0.3 is 6.18 Å².